The minimum Gasteiger partial charge on any atom is -0.324 e. The van der Waals surface area contributed by atoms with Gasteiger partial charge in [0.1, 0.15) is 0 Å². The van der Waals surface area contributed by atoms with E-state index in [2.05, 4.69) is 26.6 Å². The Morgan fingerprint density at radius 1 is 1.41 bits per heavy atom. The number of hydrogen-bond acceptors (Lipinski definition) is 2. The van der Waals surface area contributed by atoms with Crippen molar-refractivity contribution in [3.63, 3.8) is 0 Å². The van der Waals surface area contributed by atoms with Gasteiger partial charge in [-0.1, -0.05) is 22.9 Å². The van der Waals surface area contributed by atoms with Gasteiger partial charge in [-0.3, -0.25) is 4.79 Å². The molecule has 0 fully saturated rings. The first-order chi connectivity index (χ1) is 7.86. The normalized spacial score (nSPS) is 11.4. The molecular weight excluding hydrogens is 280 g/mol. The molecule has 0 aliphatic carbocycles. The third-order valence-corrected chi connectivity index (χ3v) is 3.49. The van der Waals surface area contributed by atoms with Crippen molar-refractivity contribution in [2.75, 3.05) is 11.9 Å². The Morgan fingerprint density at radius 2 is 2.06 bits per heavy atom. The van der Waals surface area contributed by atoms with E-state index in [1.54, 1.807) is 0 Å². The number of aryl methyl sites for hydroxylation is 1. The summed E-state index contributed by atoms with van der Waals surface area (Å²) in [5.41, 5.74) is 1.36. The smallest absolute Gasteiger partial charge is 0.244 e. The zero-order valence-corrected chi connectivity index (χ0v) is 12.3. The summed E-state index contributed by atoms with van der Waals surface area (Å²) in [6.07, 6.45) is 0. The van der Waals surface area contributed by atoms with Crippen LogP contribution in [0, 0.1) is 6.92 Å². The third-order valence-electron chi connectivity index (χ3n) is 2.60. The van der Waals surface area contributed by atoms with Gasteiger partial charge in [-0.05, 0) is 51.1 Å². The molecule has 1 aromatic carbocycles. The standard InChI is InChI=1S/C13H19BrN2O/c1-5-15-13(3,4)12(17)16-10-6-7-11(14)9(2)8-10/h6-8,15H,5H2,1-4H3,(H,16,17). The van der Waals surface area contributed by atoms with Crippen LogP contribution in [0.5, 0.6) is 0 Å². The van der Waals surface area contributed by atoms with Crippen molar-refractivity contribution in [3.05, 3.63) is 28.2 Å². The molecule has 1 amide bonds. The van der Waals surface area contributed by atoms with E-state index in [0.29, 0.717) is 0 Å². The summed E-state index contributed by atoms with van der Waals surface area (Å²) in [5.74, 6) is -0.0268. The number of likely N-dealkylation sites (N-methyl/N-ethyl adjacent to an activating group) is 1. The second-order valence-corrected chi connectivity index (χ2v) is 5.43. The Bertz CT molecular complexity index is 416. The summed E-state index contributed by atoms with van der Waals surface area (Å²) in [7, 11) is 0. The van der Waals surface area contributed by atoms with Crippen LogP contribution in [0.25, 0.3) is 0 Å². The molecule has 0 aliphatic rings. The summed E-state index contributed by atoms with van der Waals surface area (Å²) in [6.45, 7) is 8.49. The number of rotatable bonds is 4. The average molecular weight is 299 g/mol. The molecule has 0 aromatic heterocycles. The van der Waals surface area contributed by atoms with E-state index >= 15 is 0 Å². The van der Waals surface area contributed by atoms with Crippen LogP contribution in [-0.4, -0.2) is 18.0 Å². The van der Waals surface area contributed by atoms with Gasteiger partial charge in [0.25, 0.3) is 0 Å². The summed E-state index contributed by atoms with van der Waals surface area (Å²) < 4.78 is 1.04. The second kappa shape index (κ2) is 5.65. The summed E-state index contributed by atoms with van der Waals surface area (Å²) in [6, 6.07) is 5.77. The fraction of sp³-hybridized carbons (Fsp3) is 0.462. The molecule has 4 heteroatoms. The molecule has 0 spiro atoms. The predicted molar refractivity (Wildman–Crippen MR) is 75.3 cm³/mol. The van der Waals surface area contributed by atoms with Gasteiger partial charge >= 0.3 is 0 Å². The van der Waals surface area contributed by atoms with Crippen molar-refractivity contribution < 1.29 is 4.79 Å². The van der Waals surface area contributed by atoms with Crippen LogP contribution >= 0.6 is 15.9 Å². The lowest BCUT2D eigenvalue weighted by molar-refractivity contribution is -0.121. The van der Waals surface area contributed by atoms with Crippen molar-refractivity contribution >= 4 is 27.5 Å². The molecule has 94 valence electrons. The van der Waals surface area contributed by atoms with E-state index in [-0.39, 0.29) is 5.91 Å². The minimum atomic E-state index is -0.560. The van der Waals surface area contributed by atoms with Gasteiger partial charge in [-0.2, -0.15) is 0 Å². The summed E-state index contributed by atoms with van der Waals surface area (Å²) >= 11 is 3.43. The van der Waals surface area contributed by atoms with E-state index < -0.39 is 5.54 Å². The number of anilines is 1. The third kappa shape index (κ3) is 3.82. The monoisotopic (exact) mass is 298 g/mol. The number of amides is 1. The van der Waals surface area contributed by atoms with Crippen LogP contribution in [0.4, 0.5) is 5.69 Å². The van der Waals surface area contributed by atoms with Crippen LogP contribution in [0.1, 0.15) is 26.3 Å². The Labute approximate surface area is 111 Å². The Hall–Kier alpha value is -0.870. The zero-order chi connectivity index (χ0) is 13.1. The van der Waals surface area contributed by atoms with Crippen LogP contribution < -0.4 is 10.6 Å². The van der Waals surface area contributed by atoms with Gasteiger partial charge in [0, 0.05) is 10.2 Å². The molecule has 1 rings (SSSR count). The molecule has 0 unspecified atom stereocenters. The molecule has 0 aliphatic heterocycles. The molecule has 0 atom stereocenters. The largest absolute Gasteiger partial charge is 0.324 e. The molecule has 0 saturated carbocycles. The predicted octanol–water partition coefficient (Wildman–Crippen LogP) is 3.08. The fourth-order valence-electron chi connectivity index (χ4n) is 1.53. The number of halogens is 1. The highest BCUT2D eigenvalue weighted by Crippen LogP contribution is 2.20. The molecule has 2 N–H and O–H groups in total. The van der Waals surface area contributed by atoms with E-state index in [9.17, 15) is 4.79 Å². The van der Waals surface area contributed by atoms with Gasteiger partial charge in [-0.15, -0.1) is 0 Å². The first-order valence-electron chi connectivity index (χ1n) is 5.69. The molecular formula is C13H19BrN2O. The minimum absolute atomic E-state index is 0.0268. The van der Waals surface area contributed by atoms with Gasteiger partial charge < -0.3 is 10.6 Å². The van der Waals surface area contributed by atoms with E-state index in [0.717, 1.165) is 22.3 Å². The summed E-state index contributed by atoms with van der Waals surface area (Å²) in [4.78, 5) is 12.0. The Morgan fingerprint density at radius 3 is 2.59 bits per heavy atom. The quantitative estimate of drug-likeness (QED) is 0.897. The first-order valence-corrected chi connectivity index (χ1v) is 6.48. The fourth-order valence-corrected chi connectivity index (χ4v) is 1.78. The number of carbonyl (C=O) groups excluding carboxylic acids is 1. The lowest BCUT2D eigenvalue weighted by Crippen LogP contribution is -2.49. The highest BCUT2D eigenvalue weighted by atomic mass is 79.9. The van der Waals surface area contributed by atoms with E-state index in [1.807, 2.05) is 45.9 Å². The van der Waals surface area contributed by atoms with Gasteiger partial charge in [-0.25, -0.2) is 0 Å². The van der Waals surface area contributed by atoms with Gasteiger partial charge in [0.05, 0.1) is 5.54 Å². The average Bonchev–Trinajstić information content (AvgIpc) is 2.23. The molecule has 0 radical (unpaired) electrons. The maximum absolute atomic E-state index is 12.0. The highest BCUT2D eigenvalue weighted by Gasteiger charge is 2.26. The highest BCUT2D eigenvalue weighted by molar-refractivity contribution is 9.10. The maximum atomic E-state index is 12.0. The van der Waals surface area contributed by atoms with Crippen LogP contribution in [0.3, 0.4) is 0 Å². The van der Waals surface area contributed by atoms with Gasteiger partial charge in [0.15, 0.2) is 0 Å². The van der Waals surface area contributed by atoms with Crippen LogP contribution in [-0.2, 0) is 4.79 Å². The number of hydrogen-bond donors (Lipinski definition) is 2. The Balaban J connectivity index is 2.77. The van der Waals surface area contributed by atoms with Crippen molar-refractivity contribution in [1.82, 2.24) is 5.32 Å². The molecule has 0 saturated heterocycles. The topological polar surface area (TPSA) is 41.1 Å². The molecule has 1 aromatic rings. The lowest BCUT2D eigenvalue weighted by atomic mass is 10.0. The van der Waals surface area contributed by atoms with E-state index in [1.165, 1.54) is 0 Å². The first kappa shape index (κ1) is 14.2. The van der Waals surface area contributed by atoms with Crippen LogP contribution in [0.2, 0.25) is 0 Å². The SMILES string of the molecule is CCNC(C)(C)C(=O)Nc1ccc(Br)c(C)c1. The van der Waals surface area contributed by atoms with E-state index in [4.69, 9.17) is 0 Å². The molecule has 3 nitrogen and oxygen atoms in total. The second-order valence-electron chi connectivity index (χ2n) is 4.57. The molecule has 0 heterocycles. The van der Waals surface area contributed by atoms with Crippen molar-refractivity contribution in [2.45, 2.75) is 33.2 Å². The number of nitrogens with one attached hydrogen (secondary N) is 2. The molecule has 0 bridgehead atoms. The number of benzene rings is 1. The molecule has 17 heavy (non-hydrogen) atoms. The van der Waals surface area contributed by atoms with Crippen molar-refractivity contribution in [2.24, 2.45) is 0 Å². The Kier molecular flexibility index (Phi) is 4.71. The van der Waals surface area contributed by atoms with Crippen LogP contribution in [0.15, 0.2) is 22.7 Å². The summed E-state index contributed by atoms with van der Waals surface area (Å²) in [5, 5.41) is 6.06. The lowest BCUT2D eigenvalue weighted by Gasteiger charge is -2.24. The maximum Gasteiger partial charge on any atom is 0.244 e. The van der Waals surface area contributed by atoms with Crippen molar-refractivity contribution in [3.8, 4) is 0 Å². The zero-order valence-electron chi connectivity index (χ0n) is 10.7. The van der Waals surface area contributed by atoms with Crippen molar-refractivity contribution in [1.29, 1.82) is 0 Å². The number of carbonyl (C=O) groups is 1. The van der Waals surface area contributed by atoms with Gasteiger partial charge in [0.2, 0.25) is 5.91 Å².